The van der Waals surface area contributed by atoms with Crippen molar-refractivity contribution in [1.82, 2.24) is 0 Å². The molecule has 0 bridgehead atoms. The lowest BCUT2D eigenvalue weighted by Crippen LogP contribution is -2.30. The number of benzene rings is 2. The highest BCUT2D eigenvalue weighted by molar-refractivity contribution is 7.91. The van der Waals surface area contributed by atoms with Gasteiger partial charge in [-0.1, -0.05) is 12.1 Å². The summed E-state index contributed by atoms with van der Waals surface area (Å²) in [6.07, 6.45) is -1.13. The Bertz CT molecular complexity index is 988. The van der Waals surface area contributed by atoms with E-state index in [9.17, 15) is 26.8 Å². The predicted molar refractivity (Wildman–Crippen MR) is 99.1 cm³/mol. The second-order valence-electron chi connectivity index (χ2n) is 6.19. The number of hydrogen-bond acceptors (Lipinski definition) is 5. The van der Waals surface area contributed by atoms with Crippen LogP contribution in [-0.4, -0.2) is 32.2 Å². The van der Waals surface area contributed by atoms with Crippen LogP contribution in [0.4, 0.5) is 14.5 Å². The van der Waals surface area contributed by atoms with Crippen LogP contribution in [0.2, 0.25) is 0 Å². The third-order valence-corrected chi connectivity index (χ3v) is 5.36. The molecule has 0 radical (unpaired) electrons. The Morgan fingerprint density at radius 2 is 1.64 bits per heavy atom. The molecule has 6 nitrogen and oxygen atoms in total. The predicted octanol–water partition coefficient (Wildman–Crippen LogP) is 3.48. The number of aryl methyl sites for hydroxylation is 2. The topological polar surface area (TPSA) is 89.5 Å². The van der Waals surface area contributed by atoms with Gasteiger partial charge in [-0.3, -0.25) is 4.79 Å². The minimum absolute atomic E-state index is 0.0698. The summed E-state index contributed by atoms with van der Waals surface area (Å²) in [6, 6.07) is 9.39. The number of esters is 1. The lowest BCUT2D eigenvalue weighted by molar-refractivity contribution is -0.123. The van der Waals surface area contributed by atoms with E-state index in [0.717, 1.165) is 35.4 Å². The zero-order valence-electron chi connectivity index (χ0n) is 15.4. The van der Waals surface area contributed by atoms with Gasteiger partial charge in [0.2, 0.25) is 9.84 Å². The van der Waals surface area contributed by atoms with Crippen LogP contribution < -0.4 is 5.32 Å². The second-order valence-corrected chi connectivity index (χ2v) is 8.10. The van der Waals surface area contributed by atoms with Crippen molar-refractivity contribution in [3.05, 3.63) is 59.2 Å². The molecule has 9 heteroatoms. The molecule has 28 heavy (non-hydrogen) atoms. The van der Waals surface area contributed by atoms with E-state index in [2.05, 4.69) is 5.32 Å². The van der Waals surface area contributed by atoms with Gasteiger partial charge in [-0.2, -0.15) is 8.78 Å². The second kappa shape index (κ2) is 8.47. The molecule has 0 aliphatic carbocycles. The van der Waals surface area contributed by atoms with Gasteiger partial charge in [0.1, 0.15) is 0 Å². The van der Waals surface area contributed by atoms with Crippen LogP contribution in [0.5, 0.6) is 0 Å². The number of sulfone groups is 1. The minimum atomic E-state index is -4.75. The number of hydrogen-bond donors (Lipinski definition) is 1. The molecular weight excluding hydrogens is 392 g/mol. The molecule has 1 amide bonds. The van der Waals surface area contributed by atoms with E-state index in [0.29, 0.717) is 5.69 Å². The molecule has 2 aromatic rings. The number of carbonyl (C=O) groups excluding carboxylic acids is 2. The molecule has 0 aliphatic rings. The Morgan fingerprint density at radius 3 is 2.21 bits per heavy atom. The van der Waals surface area contributed by atoms with Gasteiger partial charge < -0.3 is 10.1 Å². The SMILES string of the molecule is Cc1ccc(C)c(NC(=O)[C@@H](C)OC(=O)c2ccc(S(=O)(=O)C(F)F)cc2)c1. The van der Waals surface area contributed by atoms with Crippen LogP contribution in [0.25, 0.3) is 0 Å². The van der Waals surface area contributed by atoms with Gasteiger partial charge in [0, 0.05) is 5.69 Å². The first-order valence-electron chi connectivity index (χ1n) is 8.23. The summed E-state index contributed by atoms with van der Waals surface area (Å²) in [5.41, 5.74) is 2.31. The molecule has 0 spiro atoms. The summed E-state index contributed by atoms with van der Waals surface area (Å²) in [5, 5.41) is 2.67. The normalized spacial score (nSPS) is 12.5. The zero-order valence-corrected chi connectivity index (χ0v) is 16.2. The third kappa shape index (κ3) is 4.92. The van der Waals surface area contributed by atoms with Crippen LogP contribution >= 0.6 is 0 Å². The number of nitrogens with one attached hydrogen (secondary N) is 1. The smallest absolute Gasteiger partial charge is 0.341 e. The van der Waals surface area contributed by atoms with Crippen molar-refractivity contribution in [2.24, 2.45) is 0 Å². The van der Waals surface area contributed by atoms with E-state index < -0.39 is 38.5 Å². The first kappa shape index (κ1) is 21.5. The van der Waals surface area contributed by atoms with Crippen LogP contribution in [-0.2, 0) is 19.4 Å². The van der Waals surface area contributed by atoms with E-state index in [-0.39, 0.29) is 5.56 Å². The number of carbonyl (C=O) groups is 2. The average molecular weight is 411 g/mol. The molecule has 1 atom stereocenters. The van der Waals surface area contributed by atoms with Crippen molar-refractivity contribution in [3.8, 4) is 0 Å². The molecular formula is C19H19F2NO5S. The van der Waals surface area contributed by atoms with Crippen molar-refractivity contribution in [3.63, 3.8) is 0 Å². The Balaban J connectivity index is 2.05. The van der Waals surface area contributed by atoms with Gasteiger partial charge in [-0.15, -0.1) is 0 Å². The van der Waals surface area contributed by atoms with Crippen LogP contribution in [0, 0.1) is 13.8 Å². The maximum absolute atomic E-state index is 12.5. The molecule has 1 N–H and O–H groups in total. The van der Waals surface area contributed by atoms with Crippen LogP contribution in [0.15, 0.2) is 47.4 Å². The largest absolute Gasteiger partial charge is 0.449 e. The number of halogens is 2. The number of alkyl halides is 2. The van der Waals surface area contributed by atoms with E-state index in [1.54, 1.807) is 6.07 Å². The van der Waals surface area contributed by atoms with Gasteiger partial charge in [-0.25, -0.2) is 13.2 Å². The van der Waals surface area contributed by atoms with Crippen molar-refractivity contribution >= 4 is 27.4 Å². The molecule has 0 fully saturated rings. The van der Waals surface area contributed by atoms with Gasteiger partial charge in [0.25, 0.3) is 5.91 Å². The first-order chi connectivity index (χ1) is 13.0. The highest BCUT2D eigenvalue weighted by Crippen LogP contribution is 2.20. The van der Waals surface area contributed by atoms with Gasteiger partial charge in [0.05, 0.1) is 10.5 Å². The summed E-state index contributed by atoms with van der Waals surface area (Å²) in [7, 11) is -4.75. The fraction of sp³-hybridized carbons (Fsp3) is 0.263. The molecule has 0 saturated heterocycles. The van der Waals surface area contributed by atoms with E-state index in [4.69, 9.17) is 4.74 Å². The molecule has 0 aromatic heterocycles. The Kier molecular flexibility index (Phi) is 6.50. The summed E-state index contributed by atoms with van der Waals surface area (Å²) < 4.78 is 52.9. The van der Waals surface area contributed by atoms with Crippen molar-refractivity contribution in [2.75, 3.05) is 5.32 Å². The van der Waals surface area contributed by atoms with Gasteiger partial charge in [0.15, 0.2) is 6.10 Å². The summed E-state index contributed by atoms with van der Waals surface area (Å²) in [6.45, 7) is 5.07. The number of anilines is 1. The lowest BCUT2D eigenvalue weighted by Gasteiger charge is -2.15. The Labute approximate surface area is 161 Å². The number of ether oxygens (including phenoxy) is 1. The standard InChI is InChI=1S/C19H19F2NO5S/c1-11-4-5-12(2)16(10-11)22-17(23)13(3)27-18(24)14-6-8-15(9-7-14)28(25,26)19(20)21/h4-10,13,19H,1-3H3,(H,22,23)/t13-/m1/s1. The summed E-state index contributed by atoms with van der Waals surface area (Å²) >= 11 is 0. The van der Waals surface area contributed by atoms with Crippen LogP contribution in [0.1, 0.15) is 28.4 Å². The first-order valence-corrected chi connectivity index (χ1v) is 9.78. The fourth-order valence-electron chi connectivity index (χ4n) is 2.27. The molecule has 0 unspecified atom stereocenters. The highest BCUT2D eigenvalue weighted by atomic mass is 32.2. The Hall–Kier alpha value is -2.81. The maximum atomic E-state index is 12.5. The average Bonchev–Trinajstić information content (AvgIpc) is 2.64. The van der Waals surface area contributed by atoms with Crippen molar-refractivity contribution < 1.29 is 31.5 Å². The molecule has 2 aromatic carbocycles. The quantitative estimate of drug-likeness (QED) is 0.735. The Morgan fingerprint density at radius 1 is 1.04 bits per heavy atom. The summed E-state index contributed by atoms with van der Waals surface area (Å²) in [4.78, 5) is 23.8. The molecule has 0 heterocycles. The minimum Gasteiger partial charge on any atom is -0.449 e. The fourth-order valence-corrected chi connectivity index (χ4v) is 2.99. The number of amides is 1. The zero-order chi connectivity index (χ0) is 21.1. The van der Waals surface area contributed by atoms with E-state index >= 15 is 0 Å². The molecule has 150 valence electrons. The molecule has 0 aliphatic heterocycles. The van der Waals surface area contributed by atoms with E-state index in [1.165, 1.54) is 6.92 Å². The number of rotatable bonds is 6. The maximum Gasteiger partial charge on any atom is 0.341 e. The van der Waals surface area contributed by atoms with Crippen molar-refractivity contribution in [2.45, 2.75) is 37.5 Å². The van der Waals surface area contributed by atoms with E-state index in [1.807, 2.05) is 26.0 Å². The highest BCUT2D eigenvalue weighted by Gasteiger charge is 2.27. The van der Waals surface area contributed by atoms with Gasteiger partial charge in [-0.05, 0) is 62.2 Å². The van der Waals surface area contributed by atoms with Crippen molar-refractivity contribution in [1.29, 1.82) is 0 Å². The van der Waals surface area contributed by atoms with Gasteiger partial charge >= 0.3 is 11.7 Å². The summed E-state index contributed by atoms with van der Waals surface area (Å²) in [5.74, 6) is -4.98. The molecule has 0 saturated carbocycles. The third-order valence-electron chi connectivity index (χ3n) is 3.96. The van der Waals surface area contributed by atoms with Crippen LogP contribution in [0.3, 0.4) is 0 Å². The molecule has 2 rings (SSSR count). The lowest BCUT2D eigenvalue weighted by atomic mass is 10.1. The monoisotopic (exact) mass is 411 g/mol.